The molecule has 0 saturated carbocycles. The van der Waals surface area contributed by atoms with Crippen molar-refractivity contribution in [2.75, 3.05) is 18.6 Å². The van der Waals surface area contributed by atoms with Crippen LogP contribution in [0.5, 0.6) is 0 Å². The summed E-state index contributed by atoms with van der Waals surface area (Å²) in [5, 5.41) is 1.39. The molecule has 1 N–H and O–H groups in total. The van der Waals surface area contributed by atoms with Crippen molar-refractivity contribution in [2.45, 2.75) is 39.7 Å². The van der Waals surface area contributed by atoms with Crippen LogP contribution in [-0.2, 0) is 9.59 Å². The lowest BCUT2D eigenvalue weighted by atomic mass is 10.1. The van der Waals surface area contributed by atoms with E-state index in [-0.39, 0.29) is 30.2 Å². The highest BCUT2D eigenvalue weighted by Crippen LogP contribution is 2.15. The largest absolute Gasteiger partial charge is 0.336 e. The van der Waals surface area contributed by atoms with E-state index < -0.39 is 0 Å². The van der Waals surface area contributed by atoms with Crippen LogP contribution >= 0.6 is 0 Å². The number of hydrogen-bond acceptors (Lipinski definition) is 4. The maximum absolute atomic E-state index is 12.5. The zero-order valence-electron chi connectivity index (χ0n) is 14.2. The Morgan fingerprint density at radius 3 is 2.65 bits per heavy atom. The molecule has 0 radical (unpaired) electrons. The van der Waals surface area contributed by atoms with Gasteiger partial charge in [0.2, 0.25) is 5.84 Å². The number of aryl methyl sites for hydroxylation is 1. The maximum atomic E-state index is 12.5. The van der Waals surface area contributed by atoms with Crippen molar-refractivity contribution in [1.29, 1.82) is 0 Å². The molecule has 2 rings (SSSR count). The van der Waals surface area contributed by atoms with Gasteiger partial charge >= 0.3 is 0 Å². The lowest BCUT2D eigenvalue weighted by Gasteiger charge is -2.31. The quantitative estimate of drug-likeness (QED) is 0.902. The minimum absolute atomic E-state index is 0.0298. The van der Waals surface area contributed by atoms with Crippen LogP contribution in [-0.4, -0.2) is 42.2 Å². The third kappa shape index (κ3) is 3.88. The summed E-state index contributed by atoms with van der Waals surface area (Å²) in [4.78, 5) is 30.4. The molecule has 1 aromatic rings. The normalized spacial score (nSPS) is 15.7. The number of rotatable bonds is 5. The number of hydrogen-bond donors (Lipinski definition) is 1. The molecular formula is C17H24N4O2. The predicted octanol–water partition coefficient (Wildman–Crippen LogP) is 1.89. The van der Waals surface area contributed by atoms with Crippen molar-refractivity contribution < 1.29 is 9.59 Å². The van der Waals surface area contributed by atoms with Gasteiger partial charge in [-0.1, -0.05) is 31.0 Å². The van der Waals surface area contributed by atoms with Gasteiger partial charge in [-0.15, -0.1) is 0 Å². The summed E-state index contributed by atoms with van der Waals surface area (Å²) in [6.07, 6.45) is 1.93. The monoisotopic (exact) mass is 316 g/mol. The maximum Gasteiger partial charge on any atom is 0.290 e. The second-order valence-corrected chi connectivity index (χ2v) is 5.90. The standard InChI is InChI=1S/C17H24N4O2/c1-5-6-13(3)20(4)17(23)16-18-11-15(22)21(19-16)14-9-7-12(2)8-10-14/h7-10,13H,5-6,11H2,1-4H3,(H,18,19). The van der Waals surface area contributed by atoms with Crippen LogP contribution < -0.4 is 10.4 Å². The highest BCUT2D eigenvalue weighted by Gasteiger charge is 2.28. The van der Waals surface area contributed by atoms with Crippen LogP contribution in [0.4, 0.5) is 5.69 Å². The topological polar surface area (TPSA) is 65.0 Å². The summed E-state index contributed by atoms with van der Waals surface area (Å²) in [5.41, 5.74) is 4.67. The molecule has 124 valence electrons. The first-order chi connectivity index (χ1) is 10.9. The zero-order valence-corrected chi connectivity index (χ0v) is 14.2. The van der Waals surface area contributed by atoms with E-state index in [1.165, 1.54) is 5.01 Å². The first kappa shape index (κ1) is 17.0. The molecule has 1 aliphatic heterocycles. The molecule has 23 heavy (non-hydrogen) atoms. The van der Waals surface area contributed by atoms with Crippen molar-refractivity contribution in [1.82, 2.24) is 10.3 Å². The van der Waals surface area contributed by atoms with E-state index in [1.54, 1.807) is 11.9 Å². The minimum atomic E-state index is -0.199. The predicted molar refractivity (Wildman–Crippen MR) is 91.2 cm³/mol. The number of carbonyl (C=O) groups is 2. The van der Waals surface area contributed by atoms with Crippen LogP contribution in [0.3, 0.4) is 0 Å². The van der Waals surface area contributed by atoms with Crippen LogP contribution in [0, 0.1) is 6.92 Å². The third-order valence-corrected chi connectivity index (χ3v) is 4.02. The molecular weight excluding hydrogens is 292 g/mol. The van der Waals surface area contributed by atoms with Gasteiger partial charge in [-0.25, -0.2) is 5.01 Å². The van der Waals surface area contributed by atoms with Crippen LogP contribution in [0.1, 0.15) is 32.3 Å². The third-order valence-electron chi connectivity index (χ3n) is 4.02. The first-order valence-corrected chi connectivity index (χ1v) is 7.92. The Kier molecular flexibility index (Phi) is 5.36. The Hall–Kier alpha value is -2.37. The fourth-order valence-electron chi connectivity index (χ4n) is 2.42. The Morgan fingerprint density at radius 1 is 1.39 bits per heavy atom. The lowest BCUT2D eigenvalue weighted by molar-refractivity contribution is -0.125. The fourth-order valence-corrected chi connectivity index (χ4v) is 2.42. The average molecular weight is 316 g/mol. The van der Waals surface area contributed by atoms with Crippen molar-refractivity contribution >= 4 is 23.3 Å². The molecule has 0 spiro atoms. The van der Waals surface area contributed by atoms with Crippen molar-refractivity contribution in [2.24, 2.45) is 4.99 Å². The number of nitrogens with zero attached hydrogens (tertiary/aromatic N) is 3. The summed E-state index contributed by atoms with van der Waals surface area (Å²) in [6, 6.07) is 7.66. The number of nitrogens with one attached hydrogen (secondary N) is 1. The van der Waals surface area contributed by atoms with Gasteiger partial charge < -0.3 is 4.90 Å². The highest BCUT2D eigenvalue weighted by atomic mass is 16.2. The highest BCUT2D eigenvalue weighted by molar-refractivity contribution is 6.39. The van der Waals surface area contributed by atoms with Crippen LogP contribution in [0.25, 0.3) is 0 Å². The first-order valence-electron chi connectivity index (χ1n) is 7.92. The van der Waals surface area contributed by atoms with Gasteiger partial charge in [-0.05, 0) is 32.4 Å². The molecule has 6 heteroatoms. The van der Waals surface area contributed by atoms with E-state index in [2.05, 4.69) is 17.3 Å². The molecule has 0 bridgehead atoms. The minimum Gasteiger partial charge on any atom is -0.336 e. The summed E-state index contributed by atoms with van der Waals surface area (Å²) in [5.74, 6) is -0.180. The summed E-state index contributed by atoms with van der Waals surface area (Å²) < 4.78 is 0. The van der Waals surface area contributed by atoms with Gasteiger partial charge in [0, 0.05) is 13.1 Å². The van der Waals surface area contributed by atoms with Crippen molar-refractivity contribution in [3.63, 3.8) is 0 Å². The van der Waals surface area contributed by atoms with Gasteiger partial charge in [0.25, 0.3) is 11.8 Å². The molecule has 1 heterocycles. The molecule has 0 aromatic heterocycles. The van der Waals surface area contributed by atoms with E-state index >= 15 is 0 Å². The average Bonchev–Trinajstić information content (AvgIpc) is 2.55. The van der Waals surface area contributed by atoms with Gasteiger partial charge in [-0.2, -0.15) is 0 Å². The van der Waals surface area contributed by atoms with Crippen molar-refractivity contribution in [3.05, 3.63) is 29.8 Å². The van der Waals surface area contributed by atoms with E-state index in [1.807, 2.05) is 38.1 Å². The van der Waals surface area contributed by atoms with Crippen LogP contribution in [0.2, 0.25) is 0 Å². The van der Waals surface area contributed by atoms with Crippen LogP contribution in [0.15, 0.2) is 29.3 Å². The second-order valence-electron chi connectivity index (χ2n) is 5.90. The number of likely N-dealkylation sites (N-methyl/N-ethyl adjacent to an activating group) is 1. The molecule has 0 saturated heterocycles. The zero-order chi connectivity index (χ0) is 17.0. The van der Waals surface area contributed by atoms with Gasteiger partial charge in [0.05, 0.1) is 5.69 Å². The molecule has 6 nitrogen and oxygen atoms in total. The number of benzene rings is 1. The van der Waals surface area contributed by atoms with Gasteiger partial charge in [0.1, 0.15) is 6.54 Å². The van der Waals surface area contributed by atoms with Crippen molar-refractivity contribution in [3.8, 4) is 0 Å². The van der Waals surface area contributed by atoms with Gasteiger partial charge in [-0.3, -0.25) is 20.0 Å². The molecule has 1 unspecified atom stereocenters. The Labute approximate surface area is 137 Å². The Bertz CT molecular complexity index is 610. The van der Waals surface area contributed by atoms with E-state index in [4.69, 9.17) is 0 Å². The smallest absolute Gasteiger partial charge is 0.290 e. The van der Waals surface area contributed by atoms with E-state index in [0.29, 0.717) is 5.69 Å². The number of amides is 2. The fraction of sp³-hybridized carbons (Fsp3) is 0.471. The Balaban J connectivity index is 2.14. The molecule has 1 aliphatic rings. The lowest BCUT2D eigenvalue weighted by Crippen LogP contribution is -2.56. The summed E-state index contributed by atoms with van der Waals surface area (Å²) >= 11 is 0. The molecule has 0 aliphatic carbocycles. The van der Waals surface area contributed by atoms with Gasteiger partial charge in [0.15, 0.2) is 0 Å². The molecule has 0 fully saturated rings. The summed E-state index contributed by atoms with van der Waals surface area (Å²) in [6.45, 7) is 6.05. The molecule has 2 amide bonds. The number of anilines is 1. The van der Waals surface area contributed by atoms with E-state index in [0.717, 1.165) is 18.4 Å². The number of amidine groups is 1. The Morgan fingerprint density at radius 2 is 2.04 bits per heavy atom. The number of hydrazine groups is 1. The summed E-state index contributed by atoms with van der Waals surface area (Å²) in [7, 11) is 1.76. The molecule has 1 aromatic carbocycles. The second kappa shape index (κ2) is 7.26. The molecule has 1 atom stereocenters. The SMILES string of the molecule is CCCC(C)N(C)C(=O)C1=NCC(=O)N(c2ccc(C)cc2)N1. The van der Waals surface area contributed by atoms with E-state index in [9.17, 15) is 9.59 Å². The number of aliphatic imine (C=N–C) groups is 1. The number of carbonyl (C=O) groups excluding carboxylic acids is 2.